The van der Waals surface area contributed by atoms with Gasteiger partial charge in [-0.1, -0.05) is 0 Å². The number of nitrogens with two attached hydrogens (primary N) is 1. The minimum atomic E-state index is -3.71. The lowest BCUT2D eigenvalue weighted by molar-refractivity contribution is 0.477. The van der Waals surface area contributed by atoms with E-state index in [1.54, 1.807) is 11.6 Å². The molecule has 0 saturated heterocycles. The molecule has 4 N–H and O–H groups in total. The highest BCUT2D eigenvalue weighted by molar-refractivity contribution is 7.89. The molecule has 0 aliphatic rings. The van der Waals surface area contributed by atoms with Crippen LogP contribution in [0.25, 0.3) is 0 Å². The summed E-state index contributed by atoms with van der Waals surface area (Å²) in [5.74, 6) is 0.322. The number of aromatic hydroxyl groups is 1. The van der Waals surface area contributed by atoms with Crippen molar-refractivity contribution in [1.82, 2.24) is 19.5 Å². The molecule has 19 heavy (non-hydrogen) atoms. The highest BCUT2D eigenvalue weighted by atomic mass is 32.2. The summed E-state index contributed by atoms with van der Waals surface area (Å²) in [5.41, 5.74) is 5.46. The molecule has 2 rings (SSSR count). The molecule has 0 spiro atoms. The highest BCUT2D eigenvalue weighted by Crippen LogP contribution is 2.22. The quantitative estimate of drug-likeness (QED) is 0.517. The number of nitrogen functional groups attached to an aromatic ring is 1. The minimum Gasteiger partial charge on any atom is -0.506 e. The second kappa shape index (κ2) is 4.86. The lowest BCUT2D eigenvalue weighted by Gasteiger charge is -2.07. The average Bonchev–Trinajstić information content (AvgIpc) is 2.76. The van der Waals surface area contributed by atoms with Gasteiger partial charge in [0, 0.05) is 7.05 Å². The van der Waals surface area contributed by atoms with Crippen LogP contribution in [-0.2, 0) is 23.6 Å². The molecule has 102 valence electrons. The molecule has 0 aliphatic heterocycles. The SMILES string of the molecule is Cn1cnnc1CNS(=O)(=O)c1ccc(O)c(N)c1. The van der Waals surface area contributed by atoms with Crippen molar-refractivity contribution in [3.8, 4) is 5.75 Å². The summed E-state index contributed by atoms with van der Waals surface area (Å²) >= 11 is 0. The molecular formula is C10H13N5O3S. The summed E-state index contributed by atoms with van der Waals surface area (Å²) in [5, 5.41) is 16.7. The van der Waals surface area contributed by atoms with E-state index in [0.717, 1.165) is 0 Å². The Morgan fingerprint density at radius 3 is 2.79 bits per heavy atom. The number of phenolic OH excluding ortho intramolecular Hbond substituents is 1. The van der Waals surface area contributed by atoms with Crippen LogP contribution in [0.1, 0.15) is 5.82 Å². The fourth-order valence-corrected chi connectivity index (χ4v) is 2.42. The minimum absolute atomic E-state index is 0.00142. The number of rotatable bonds is 4. The molecule has 0 saturated carbocycles. The van der Waals surface area contributed by atoms with Gasteiger partial charge < -0.3 is 15.4 Å². The first-order valence-corrected chi connectivity index (χ1v) is 6.79. The maximum absolute atomic E-state index is 12.0. The fraction of sp³-hybridized carbons (Fsp3) is 0.200. The predicted octanol–water partition coefficient (Wildman–Crippen LogP) is -0.419. The Hall–Kier alpha value is -2.13. The van der Waals surface area contributed by atoms with Gasteiger partial charge in [0.1, 0.15) is 17.9 Å². The van der Waals surface area contributed by atoms with Gasteiger partial charge in [-0.3, -0.25) is 0 Å². The van der Waals surface area contributed by atoms with Gasteiger partial charge in [-0.25, -0.2) is 13.1 Å². The molecule has 0 unspecified atom stereocenters. The Morgan fingerprint density at radius 2 is 2.21 bits per heavy atom. The van der Waals surface area contributed by atoms with Crippen molar-refractivity contribution < 1.29 is 13.5 Å². The van der Waals surface area contributed by atoms with E-state index in [0.29, 0.717) is 5.82 Å². The molecule has 8 nitrogen and oxygen atoms in total. The normalized spacial score (nSPS) is 11.6. The van der Waals surface area contributed by atoms with Crippen LogP contribution in [0.4, 0.5) is 5.69 Å². The van der Waals surface area contributed by atoms with E-state index in [2.05, 4.69) is 14.9 Å². The summed E-state index contributed by atoms with van der Waals surface area (Å²) in [4.78, 5) is -0.0232. The smallest absolute Gasteiger partial charge is 0.241 e. The van der Waals surface area contributed by atoms with Gasteiger partial charge in [0.05, 0.1) is 17.1 Å². The summed E-state index contributed by atoms with van der Waals surface area (Å²) in [7, 11) is -2.00. The van der Waals surface area contributed by atoms with Crippen LogP contribution < -0.4 is 10.5 Å². The molecule has 1 aromatic carbocycles. The van der Waals surface area contributed by atoms with Gasteiger partial charge in [0.15, 0.2) is 0 Å². The molecule has 9 heteroatoms. The Morgan fingerprint density at radius 1 is 1.47 bits per heavy atom. The zero-order chi connectivity index (χ0) is 14.0. The molecule has 0 fully saturated rings. The Labute approximate surface area is 109 Å². The Bertz CT molecular complexity index is 695. The molecule has 0 aliphatic carbocycles. The van der Waals surface area contributed by atoms with Crippen molar-refractivity contribution in [1.29, 1.82) is 0 Å². The molecular weight excluding hydrogens is 270 g/mol. The van der Waals surface area contributed by atoms with E-state index in [1.165, 1.54) is 24.5 Å². The van der Waals surface area contributed by atoms with E-state index < -0.39 is 10.0 Å². The summed E-state index contributed by atoms with van der Waals surface area (Å²) in [6, 6.07) is 3.69. The van der Waals surface area contributed by atoms with Gasteiger partial charge in [0.2, 0.25) is 10.0 Å². The topological polar surface area (TPSA) is 123 Å². The van der Waals surface area contributed by atoms with Crippen molar-refractivity contribution in [3.63, 3.8) is 0 Å². The second-order valence-electron chi connectivity index (χ2n) is 3.90. The number of phenols is 1. The van der Waals surface area contributed by atoms with Crippen LogP contribution >= 0.6 is 0 Å². The Kier molecular flexibility index (Phi) is 3.40. The maximum atomic E-state index is 12.0. The van der Waals surface area contributed by atoms with Crippen LogP contribution in [0.2, 0.25) is 0 Å². The monoisotopic (exact) mass is 283 g/mol. The van der Waals surface area contributed by atoms with Crippen LogP contribution in [0.5, 0.6) is 5.75 Å². The molecule has 2 aromatic rings. The van der Waals surface area contributed by atoms with E-state index in [-0.39, 0.29) is 22.9 Å². The number of sulfonamides is 1. The molecule has 1 aromatic heterocycles. The number of hydrogen-bond donors (Lipinski definition) is 3. The van der Waals surface area contributed by atoms with E-state index in [9.17, 15) is 13.5 Å². The fourth-order valence-electron chi connectivity index (χ4n) is 1.41. The van der Waals surface area contributed by atoms with Crippen molar-refractivity contribution in [2.45, 2.75) is 11.4 Å². The number of nitrogens with zero attached hydrogens (tertiary/aromatic N) is 3. The van der Waals surface area contributed by atoms with Gasteiger partial charge >= 0.3 is 0 Å². The zero-order valence-corrected chi connectivity index (χ0v) is 10.9. The average molecular weight is 283 g/mol. The van der Waals surface area contributed by atoms with Crippen molar-refractivity contribution >= 4 is 15.7 Å². The molecule has 0 bridgehead atoms. The van der Waals surface area contributed by atoms with Crippen LogP contribution in [-0.4, -0.2) is 28.3 Å². The van der Waals surface area contributed by atoms with Gasteiger partial charge in [-0.15, -0.1) is 10.2 Å². The number of benzene rings is 1. The molecule has 0 atom stereocenters. The molecule has 0 radical (unpaired) electrons. The number of aromatic nitrogens is 3. The second-order valence-corrected chi connectivity index (χ2v) is 5.67. The molecule has 1 heterocycles. The van der Waals surface area contributed by atoms with Crippen LogP contribution in [0, 0.1) is 0 Å². The highest BCUT2D eigenvalue weighted by Gasteiger charge is 2.16. The van der Waals surface area contributed by atoms with E-state index in [1.807, 2.05) is 0 Å². The summed E-state index contributed by atoms with van der Waals surface area (Å²) in [6.45, 7) is 0.0135. The third-order valence-corrected chi connectivity index (χ3v) is 3.93. The van der Waals surface area contributed by atoms with Crippen molar-refractivity contribution in [2.24, 2.45) is 7.05 Å². The first kappa shape index (κ1) is 13.3. The van der Waals surface area contributed by atoms with E-state index >= 15 is 0 Å². The lowest BCUT2D eigenvalue weighted by Crippen LogP contribution is -2.24. The van der Waals surface area contributed by atoms with Crippen molar-refractivity contribution in [3.05, 3.63) is 30.4 Å². The van der Waals surface area contributed by atoms with Crippen LogP contribution in [0.3, 0.4) is 0 Å². The zero-order valence-electron chi connectivity index (χ0n) is 10.1. The van der Waals surface area contributed by atoms with Gasteiger partial charge in [-0.2, -0.15) is 0 Å². The standard InChI is InChI=1S/C10H13N5O3S/c1-15-6-12-14-10(15)5-13-19(17,18)7-2-3-9(16)8(11)4-7/h2-4,6,13,16H,5,11H2,1H3. The number of aryl methyl sites for hydroxylation is 1. The van der Waals surface area contributed by atoms with Gasteiger partial charge in [-0.05, 0) is 18.2 Å². The van der Waals surface area contributed by atoms with E-state index in [4.69, 9.17) is 5.73 Å². The van der Waals surface area contributed by atoms with Crippen molar-refractivity contribution in [2.75, 3.05) is 5.73 Å². The first-order chi connectivity index (χ1) is 8.90. The number of hydrogen-bond acceptors (Lipinski definition) is 6. The first-order valence-electron chi connectivity index (χ1n) is 5.31. The lowest BCUT2D eigenvalue weighted by atomic mass is 10.3. The Balaban J connectivity index is 2.18. The maximum Gasteiger partial charge on any atom is 0.241 e. The molecule has 0 amide bonds. The third kappa shape index (κ3) is 2.83. The van der Waals surface area contributed by atoms with Crippen LogP contribution in [0.15, 0.2) is 29.4 Å². The third-order valence-electron chi connectivity index (χ3n) is 2.53. The predicted molar refractivity (Wildman–Crippen MR) is 67.5 cm³/mol. The largest absolute Gasteiger partial charge is 0.506 e. The summed E-state index contributed by atoms with van der Waals surface area (Å²) in [6.07, 6.45) is 1.47. The number of anilines is 1. The number of nitrogens with one attached hydrogen (secondary N) is 1. The summed E-state index contributed by atoms with van der Waals surface area (Å²) < 4.78 is 28.0. The van der Waals surface area contributed by atoms with Gasteiger partial charge in [0.25, 0.3) is 0 Å².